The molecule has 0 aliphatic carbocycles. The molecule has 1 atom stereocenters. The molecule has 8 nitrogen and oxygen atoms in total. The highest BCUT2D eigenvalue weighted by Gasteiger charge is 2.26. The normalized spacial score (nSPS) is 17.6. The van der Waals surface area contributed by atoms with Crippen molar-refractivity contribution < 1.29 is 14.2 Å². The summed E-state index contributed by atoms with van der Waals surface area (Å²) in [4.78, 5) is 11.2. The zero-order valence-corrected chi connectivity index (χ0v) is 16.4. The first kappa shape index (κ1) is 18.5. The molecule has 3 heterocycles. The molecule has 1 saturated heterocycles. The predicted molar refractivity (Wildman–Crippen MR) is 105 cm³/mol. The Morgan fingerprint density at radius 2 is 1.82 bits per heavy atom. The van der Waals surface area contributed by atoms with Crippen LogP contribution in [0, 0.1) is 0 Å². The lowest BCUT2D eigenvalue weighted by Gasteiger charge is -2.32. The molecule has 1 N–H and O–H groups in total. The molecule has 1 aromatic carbocycles. The van der Waals surface area contributed by atoms with E-state index in [0.29, 0.717) is 28.8 Å². The molecule has 1 unspecified atom stereocenters. The third kappa shape index (κ3) is 3.47. The van der Waals surface area contributed by atoms with E-state index in [9.17, 15) is 0 Å². The highest BCUT2D eigenvalue weighted by molar-refractivity contribution is 5.72. The molecule has 0 spiro atoms. The van der Waals surface area contributed by atoms with Crippen LogP contribution in [-0.2, 0) is 6.54 Å². The van der Waals surface area contributed by atoms with E-state index in [1.165, 1.54) is 0 Å². The molecule has 0 amide bonds. The second-order valence-corrected chi connectivity index (χ2v) is 6.97. The minimum atomic E-state index is 0.359. The van der Waals surface area contributed by atoms with Crippen molar-refractivity contribution in [3.8, 4) is 17.2 Å². The predicted octanol–water partition coefficient (Wildman–Crippen LogP) is 2.76. The van der Waals surface area contributed by atoms with Crippen molar-refractivity contribution in [2.75, 3.05) is 34.4 Å². The molecule has 0 saturated carbocycles. The zero-order chi connectivity index (χ0) is 19.5. The van der Waals surface area contributed by atoms with Gasteiger partial charge < -0.3 is 14.2 Å². The highest BCUT2D eigenvalue weighted by Crippen LogP contribution is 2.39. The van der Waals surface area contributed by atoms with Crippen LogP contribution in [-0.4, -0.2) is 59.5 Å². The number of piperidine rings is 1. The standard InChI is InChI=1S/C20H25N5O3/c1-26-15-9-13(10-16(27-2)19(15)28-3)11-25-8-4-5-14(12-25)17-18-20(24-23-17)22-7-6-21-18/h6-7,9-10,14H,4-5,8,11-12H2,1-3H3,(H,22,23,24). The van der Waals surface area contributed by atoms with Crippen LogP contribution in [0.25, 0.3) is 11.2 Å². The van der Waals surface area contributed by atoms with Crippen LogP contribution in [0.1, 0.15) is 30.0 Å². The van der Waals surface area contributed by atoms with Crippen molar-refractivity contribution >= 4 is 11.2 Å². The Balaban J connectivity index is 1.54. The van der Waals surface area contributed by atoms with E-state index in [1.54, 1.807) is 33.7 Å². The van der Waals surface area contributed by atoms with E-state index in [2.05, 4.69) is 25.1 Å². The smallest absolute Gasteiger partial charge is 0.203 e. The van der Waals surface area contributed by atoms with Gasteiger partial charge in [-0.25, -0.2) is 9.97 Å². The van der Waals surface area contributed by atoms with Gasteiger partial charge in [0.25, 0.3) is 0 Å². The van der Waals surface area contributed by atoms with Gasteiger partial charge >= 0.3 is 0 Å². The lowest BCUT2D eigenvalue weighted by Crippen LogP contribution is -2.34. The highest BCUT2D eigenvalue weighted by atomic mass is 16.5. The molecule has 8 heteroatoms. The summed E-state index contributed by atoms with van der Waals surface area (Å²) in [6.07, 6.45) is 5.62. The number of aromatic nitrogens is 4. The van der Waals surface area contributed by atoms with Gasteiger partial charge in [0.05, 0.1) is 27.0 Å². The van der Waals surface area contributed by atoms with E-state index in [1.807, 2.05) is 12.1 Å². The van der Waals surface area contributed by atoms with Crippen LogP contribution in [0.4, 0.5) is 0 Å². The van der Waals surface area contributed by atoms with Crippen molar-refractivity contribution in [3.63, 3.8) is 0 Å². The maximum absolute atomic E-state index is 5.48. The summed E-state index contributed by atoms with van der Waals surface area (Å²) >= 11 is 0. The maximum Gasteiger partial charge on any atom is 0.203 e. The molecule has 1 fully saturated rings. The second-order valence-electron chi connectivity index (χ2n) is 6.97. The van der Waals surface area contributed by atoms with Gasteiger partial charge in [-0.1, -0.05) is 0 Å². The van der Waals surface area contributed by atoms with Gasteiger partial charge in [0.1, 0.15) is 5.52 Å². The Morgan fingerprint density at radius 3 is 2.54 bits per heavy atom. The Labute approximate surface area is 163 Å². The first-order chi connectivity index (χ1) is 13.7. The van der Waals surface area contributed by atoms with Crippen LogP contribution in [0.5, 0.6) is 17.2 Å². The quantitative estimate of drug-likeness (QED) is 0.700. The lowest BCUT2D eigenvalue weighted by molar-refractivity contribution is 0.198. The fourth-order valence-corrected chi connectivity index (χ4v) is 3.97. The second kappa shape index (κ2) is 8.02. The first-order valence-electron chi connectivity index (χ1n) is 9.39. The largest absolute Gasteiger partial charge is 0.493 e. The SMILES string of the molecule is COc1cc(CN2CCCC(c3[nH]nc4nccnc34)C2)cc(OC)c1OC. The number of nitrogens with zero attached hydrogens (tertiary/aromatic N) is 4. The zero-order valence-electron chi connectivity index (χ0n) is 16.4. The molecule has 1 aliphatic heterocycles. The lowest BCUT2D eigenvalue weighted by atomic mass is 9.94. The molecule has 148 valence electrons. The Kier molecular flexibility index (Phi) is 5.29. The van der Waals surface area contributed by atoms with Gasteiger partial charge in [0, 0.05) is 31.4 Å². The molecule has 0 bridgehead atoms. The van der Waals surface area contributed by atoms with Gasteiger partial charge in [-0.15, -0.1) is 0 Å². The topological polar surface area (TPSA) is 85.4 Å². The molecule has 2 aromatic heterocycles. The minimum Gasteiger partial charge on any atom is -0.493 e. The molecule has 4 rings (SSSR count). The monoisotopic (exact) mass is 383 g/mol. The van der Waals surface area contributed by atoms with Gasteiger partial charge in [-0.2, -0.15) is 5.10 Å². The van der Waals surface area contributed by atoms with Gasteiger partial charge in [0.2, 0.25) is 5.75 Å². The fourth-order valence-electron chi connectivity index (χ4n) is 3.97. The van der Waals surface area contributed by atoms with Crippen molar-refractivity contribution in [1.29, 1.82) is 0 Å². The van der Waals surface area contributed by atoms with Crippen LogP contribution in [0.15, 0.2) is 24.5 Å². The van der Waals surface area contributed by atoms with E-state index in [-0.39, 0.29) is 0 Å². The average molecular weight is 383 g/mol. The number of H-pyrrole nitrogens is 1. The van der Waals surface area contributed by atoms with Crippen LogP contribution < -0.4 is 14.2 Å². The van der Waals surface area contributed by atoms with Gasteiger partial charge in [-0.05, 0) is 37.1 Å². The molecule has 0 radical (unpaired) electrons. The van der Waals surface area contributed by atoms with Crippen LogP contribution in [0.2, 0.25) is 0 Å². The van der Waals surface area contributed by atoms with Crippen LogP contribution >= 0.6 is 0 Å². The van der Waals surface area contributed by atoms with Crippen molar-refractivity contribution in [2.45, 2.75) is 25.3 Å². The van der Waals surface area contributed by atoms with Crippen LogP contribution in [0.3, 0.4) is 0 Å². The Morgan fingerprint density at radius 1 is 1.07 bits per heavy atom. The summed E-state index contributed by atoms with van der Waals surface area (Å²) in [6.45, 7) is 2.79. The molecular formula is C20H25N5O3. The summed E-state index contributed by atoms with van der Waals surface area (Å²) in [5, 5.41) is 7.46. The Hall–Kier alpha value is -2.87. The minimum absolute atomic E-state index is 0.359. The summed E-state index contributed by atoms with van der Waals surface area (Å²) < 4.78 is 16.4. The van der Waals surface area contributed by atoms with Crippen molar-refractivity contribution in [2.24, 2.45) is 0 Å². The molecular weight excluding hydrogens is 358 g/mol. The van der Waals surface area contributed by atoms with E-state index in [0.717, 1.165) is 49.2 Å². The first-order valence-corrected chi connectivity index (χ1v) is 9.39. The third-order valence-electron chi connectivity index (χ3n) is 5.26. The molecule has 1 aliphatic rings. The number of aromatic amines is 1. The van der Waals surface area contributed by atoms with Crippen molar-refractivity contribution in [3.05, 3.63) is 35.8 Å². The number of rotatable bonds is 6. The number of hydrogen-bond donors (Lipinski definition) is 1. The molecule has 28 heavy (non-hydrogen) atoms. The number of fused-ring (bicyclic) bond motifs is 1. The van der Waals surface area contributed by atoms with E-state index >= 15 is 0 Å². The van der Waals surface area contributed by atoms with Crippen molar-refractivity contribution in [1.82, 2.24) is 25.1 Å². The summed E-state index contributed by atoms with van der Waals surface area (Å²) in [5.74, 6) is 2.34. The number of benzene rings is 1. The number of hydrogen-bond acceptors (Lipinski definition) is 7. The van der Waals surface area contributed by atoms with E-state index < -0.39 is 0 Å². The number of methoxy groups -OCH3 is 3. The maximum atomic E-state index is 5.48. The number of ether oxygens (including phenoxy) is 3. The van der Waals surface area contributed by atoms with Gasteiger partial charge in [-0.3, -0.25) is 10.00 Å². The third-order valence-corrected chi connectivity index (χ3v) is 5.26. The fraction of sp³-hybridized carbons (Fsp3) is 0.450. The molecule has 3 aromatic rings. The summed E-state index contributed by atoms with van der Waals surface area (Å²) in [5.41, 5.74) is 3.77. The Bertz CT molecular complexity index is 933. The average Bonchev–Trinajstić information content (AvgIpc) is 3.17. The van der Waals surface area contributed by atoms with Gasteiger partial charge in [0.15, 0.2) is 17.1 Å². The summed E-state index contributed by atoms with van der Waals surface area (Å²) in [7, 11) is 4.90. The number of likely N-dealkylation sites (tertiary alicyclic amines) is 1. The van der Waals surface area contributed by atoms with E-state index in [4.69, 9.17) is 14.2 Å². The summed E-state index contributed by atoms with van der Waals surface area (Å²) in [6, 6.07) is 4.03. The number of nitrogens with one attached hydrogen (secondary N) is 1.